The van der Waals surface area contributed by atoms with E-state index in [1.807, 2.05) is 60.7 Å². The molecule has 1 unspecified atom stereocenters. The highest BCUT2D eigenvalue weighted by molar-refractivity contribution is 5.68. The van der Waals surface area contributed by atoms with E-state index in [1.165, 1.54) is 0 Å². The van der Waals surface area contributed by atoms with Crippen molar-refractivity contribution in [2.24, 2.45) is 11.5 Å². The normalized spacial score (nSPS) is 12.4. The Morgan fingerprint density at radius 3 is 1.25 bits per heavy atom. The highest BCUT2D eigenvalue weighted by atomic mass is 16.4. The van der Waals surface area contributed by atoms with E-state index in [-0.39, 0.29) is 12.8 Å². The topological polar surface area (TPSA) is 127 Å². The van der Waals surface area contributed by atoms with Gasteiger partial charge in [-0.1, -0.05) is 60.7 Å². The number of nitrogens with two attached hydrogens (primary N) is 2. The van der Waals surface area contributed by atoms with Gasteiger partial charge in [0.15, 0.2) is 0 Å². The van der Waals surface area contributed by atoms with Crippen LogP contribution in [0.25, 0.3) is 0 Å². The SMILES string of the molecule is NC(CC(=O)O)c1ccccc1.N[C@H](CC(=O)O)c1ccccc1. The van der Waals surface area contributed by atoms with Crippen LogP contribution in [0.1, 0.15) is 36.1 Å². The summed E-state index contributed by atoms with van der Waals surface area (Å²) in [4.78, 5) is 20.6. The first-order valence-electron chi connectivity index (χ1n) is 7.44. The third-order valence-corrected chi connectivity index (χ3v) is 3.24. The molecule has 0 radical (unpaired) electrons. The molecule has 6 nitrogen and oxygen atoms in total. The minimum atomic E-state index is -0.869. The molecule has 0 aliphatic rings. The van der Waals surface area contributed by atoms with Gasteiger partial charge >= 0.3 is 11.9 Å². The van der Waals surface area contributed by atoms with Crippen LogP contribution in [0, 0.1) is 0 Å². The molecule has 0 saturated heterocycles. The lowest BCUT2D eigenvalue weighted by molar-refractivity contribution is -0.138. The van der Waals surface area contributed by atoms with E-state index in [1.54, 1.807) is 0 Å². The second-order valence-electron chi connectivity index (χ2n) is 5.23. The van der Waals surface area contributed by atoms with Gasteiger partial charge in [-0.05, 0) is 11.1 Å². The van der Waals surface area contributed by atoms with Crippen molar-refractivity contribution in [3.8, 4) is 0 Å². The van der Waals surface area contributed by atoms with Gasteiger partial charge in [0.2, 0.25) is 0 Å². The number of benzene rings is 2. The van der Waals surface area contributed by atoms with E-state index in [0.717, 1.165) is 11.1 Å². The summed E-state index contributed by atoms with van der Waals surface area (Å²) in [6.07, 6.45) is -0.0476. The molecule has 2 aromatic carbocycles. The lowest BCUT2D eigenvalue weighted by atomic mass is 10.1. The van der Waals surface area contributed by atoms with Crippen LogP contribution >= 0.6 is 0 Å². The summed E-state index contributed by atoms with van der Waals surface area (Å²) in [5.41, 5.74) is 13.0. The van der Waals surface area contributed by atoms with Gasteiger partial charge in [0.05, 0.1) is 12.8 Å². The zero-order valence-electron chi connectivity index (χ0n) is 13.2. The molecule has 0 aliphatic carbocycles. The maximum absolute atomic E-state index is 10.3. The Bertz CT molecular complexity index is 574. The third kappa shape index (κ3) is 7.53. The first kappa shape index (κ1) is 19.3. The Balaban J connectivity index is 0.000000240. The van der Waals surface area contributed by atoms with Gasteiger partial charge in [-0.3, -0.25) is 9.59 Å². The van der Waals surface area contributed by atoms with Gasteiger partial charge < -0.3 is 21.7 Å². The van der Waals surface area contributed by atoms with Crippen LogP contribution < -0.4 is 11.5 Å². The van der Waals surface area contributed by atoms with Crippen LogP contribution in [-0.2, 0) is 9.59 Å². The maximum Gasteiger partial charge on any atom is 0.305 e. The Labute approximate surface area is 140 Å². The molecule has 0 fully saturated rings. The Morgan fingerprint density at radius 2 is 1.00 bits per heavy atom. The van der Waals surface area contributed by atoms with Crippen molar-refractivity contribution < 1.29 is 19.8 Å². The van der Waals surface area contributed by atoms with Crippen LogP contribution in [-0.4, -0.2) is 22.2 Å². The summed E-state index contributed by atoms with van der Waals surface area (Å²) >= 11 is 0. The summed E-state index contributed by atoms with van der Waals surface area (Å²) in [5.74, 6) is -1.74. The monoisotopic (exact) mass is 330 g/mol. The fourth-order valence-electron chi connectivity index (χ4n) is 2.01. The molecule has 0 amide bonds. The minimum absolute atomic E-state index is 0.0238. The number of hydrogen-bond acceptors (Lipinski definition) is 4. The van der Waals surface area contributed by atoms with E-state index >= 15 is 0 Å². The maximum atomic E-state index is 10.3. The van der Waals surface area contributed by atoms with Crippen molar-refractivity contribution >= 4 is 11.9 Å². The molecule has 0 aliphatic heterocycles. The highest BCUT2D eigenvalue weighted by Crippen LogP contribution is 2.13. The fraction of sp³-hybridized carbons (Fsp3) is 0.222. The van der Waals surface area contributed by atoms with Crippen molar-refractivity contribution in [1.82, 2.24) is 0 Å². The number of hydrogen-bond donors (Lipinski definition) is 4. The summed E-state index contributed by atoms with van der Waals surface area (Å²) in [7, 11) is 0. The predicted octanol–water partition coefficient (Wildman–Crippen LogP) is 2.32. The van der Waals surface area contributed by atoms with Gasteiger partial charge in [0.1, 0.15) is 0 Å². The molecule has 2 rings (SSSR count). The lowest BCUT2D eigenvalue weighted by Crippen LogP contribution is -2.14. The van der Waals surface area contributed by atoms with Gasteiger partial charge in [-0.15, -0.1) is 0 Å². The fourth-order valence-corrected chi connectivity index (χ4v) is 2.01. The molecule has 24 heavy (non-hydrogen) atoms. The summed E-state index contributed by atoms with van der Waals surface area (Å²) in [5, 5.41) is 16.9. The molecular weight excluding hydrogens is 308 g/mol. The van der Waals surface area contributed by atoms with Crippen LogP contribution in [0.3, 0.4) is 0 Å². The zero-order valence-corrected chi connectivity index (χ0v) is 13.2. The first-order valence-corrected chi connectivity index (χ1v) is 7.44. The first-order chi connectivity index (χ1) is 11.4. The quantitative estimate of drug-likeness (QED) is 0.644. The Hall–Kier alpha value is -2.70. The molecular formula is C18H22N2O4. The van der Waals surface area contributed by atoms with E-state index < -0.39 is 24.0 Å². The molecule has 2 aromatic rings. The van der Waals surface area contributed by atoms with E-state index in [4.69, 9.17) is 21.7 Å². The minimum Gasteiger partial charge on any atom is -0.481 e. The molecule has 0 heterocycles. The van der Waals surface area contributed by atoms with Crippen molar-refractivity contribution in [3.05, 3.63) is 71.8 Å². The molecule has 0 aromatic heterocycles. The van der Waals surface area contributed by atoms with Crippen molar-refractivity contribution in [3.63, 3.8) is 0 Å². The zero-order chi connectivity index (χ0) is 17.9. The Morgan fingerprint density at radius 1 is 0.708 bits per heavy atom. The standard InChI is InChI=1S/2C9H11NO2/c2*10-8(6-9(11)12)7-4-2-1-3-5-7/h2*1-5,8H,6,10H2,(H,11,12)/t8-;/m1./s1. The van der Waals surface area contributed by atoms with Gasteiger partial charge in [0, 0.05) is 12.1 Å². The number of carbonyl (C=O) groups is 2. The lowest BCUT2D eigenvalue weighted by Gasteiger charge is -2.07. The summed E-state index contributed by atoms with van der Waals surface area (Å²) < 4.78 is 0. The summed E-state index contributed by atoms with van der Waals surface area (Å²) in [6.45, 7) is 0. The van der Waals surface area contributed by atoms with E-state index in [0.29, 0.717) is 0 Å². The smallest absolute Gasteiger partial charge is 0.305 e. The van der Waals surface area contributed by atoms with E-state index in [9.17, 15) is 9.59 Å². The molecule has 6 N–H and O–H groups in total. The number of rotatable bonds is 6. The molecule has 2 atom stereocenters. The van der Waals surface area contributed by atoms with Crippen LogP contribution in [0.4, 0.5) is 0 Å². The number of aliphatic carboxylic acids is 2. The average molecular weight is 330 g/mol. The van der Waals surface area contributed by atoms with Gasteiger partial charge in [-0.2, -0.15) is 0 Å². The third-order valence-electron chi connectivity index (χ3n) is 3.24. The largest absolute Gasteiger partial charge is 0.481 e. The van der Waals surface area contributed by atoms with Crippen LogP contribution in [0.5, 0.6) is 0 Å². The predicted molar refractivity (Wildman–Crippen MR) is 91.2 cm³/mol. The van der Waals surface area contributed by atoms with Gasteiger partial charge in [0.25, 0.3) is 0 Å². The molecule has 0 saturated carbocycles. The van der Waals surface area contributed by atoms with Crippen LogP contribution in [0.15, 0.2) is 60.7 Å². The van der Waals surface area contributed by atoms with Crippen LogP contribution in [0.2, 0.25) is 0 Å². The van der Waals surface area contributed by atoms with E-state index in [2.05, 4.69) is 0 Å². The highest BCUT2D eigenvalue weighted by Gasteiger charge is 2.09. The number of carboxylic acids is 2. The van der Waals surface area contributed by atoms with Gasteiger partial charge in [-0.25, -0.2) is 0 Å². The second kappa shape index (κ2) is 10.1. The Kier molecular flexibility index (Phi) is 8.18. The number of carboxylic acid groups (broad SMARTS) is 2. The second-order valence-corrected chi connectivity index (χ2v) is 5.23. The summed E-state index contributed by atoms with van der Waals surface area (Å²) in [6, 6.07) is 17.6. The van der Waals surface area contributed by atoms with Crippen molar-refractivity contribution in [2.75, 3.05) is 0 Å². The molecule has 128 valence electrons. The average Bonchev–Trinajstić information content (AvgIpc) is 2.56. The molecule has 0 spiro atoms. The van der Waals surface area contributed by atoms with Crippen molar-refractivity contribution in [1.29, 1.82) is 0 Å². The molecule has 0 bridgehead atoms. The van der Waals surface area contributed by atoms with Crippen molar-refractivity contribution in [2.45, 2.75) is 24.9 Å². The molecule has 6 heteroatoms.